The van der Waals surface area contributed by atoms with Crippen LogP contribution in [0.3, 0.4) is 0 Å². The van der Waals surface area contributed by atoms with Crippen LogP contribution >= 0.6 is 23.1 Å². The third-order valence-corrected chi connectivity index (χ3v) is 4.74. The van der Waals surface area contributed by atoms with Crippen LogP contribution in [0.4, 0.5) is 0 Å². The topological polar surface area (TPSA) is 33.1 Å². The van der Waals surface area contributed by atoms with Gasteiger partial charge in [0.15, 0.2) is 0 Å². The van der Waals surface area contributed by atoms with Crippen LogP contribution in [0.15, 0.2) is 9.72 Å². The molecule has 1 aromatic rings. The molecule has 2 nitrogen and oxygen atoms in total. The Morgan fingerprint density at radius 3 is 3.00 bits per heavy atom. The lowest BCUT2D eigenvalue weighted by molar-refractivity contribution is 0.188. The van der Waals surface area contributed by atoms with Gasteiger partial charge in [0.2, 0.25) is 0 Å². The summed E-state index contributed by atoms with van der Waals surface area (Å²) in [5, 5.41) is 12.1. The van der Waals surface area contributed by atoms with Crippen LogP contribution in [0.2, 0.25) is 0 Å². The molecule has 4 heteroatoms. The van der Waals surface area contributed by atoms with Crippen LogP contribution in [0.25, 0.3) is 0 Å². The molecule has 0 unspecified atom stereocenters. The molecule has 0 aromatic carbocycles. The Balaban J connectivity index is 1.97. The van der Waals surface area contributed by atoms with Crippen molar-refractivity contribution in [3.63, 3.8) is 0 Å². The molecule has 2 atom stereocenters. The van der Waals surface area contributed by atoms with Crippen LogP contribution in [0.1, 0.15) is 25.0 Å². The zero-order valence-corrected chi connectivity index (χ0v) is 9.20. The molecule has 0 saturated heterocycles. The second kappa shape index (κ2) is 3.98. The predicted octanol–water partition coefficient (Wildman–Crippen LogP) is 2.46. The third kappa shape index (κ3) is 2.24. The monoisotopic (exact) mass is 215 g/mol. The molecular formula is C9H13NOS2. The van der Waals surface area contributed by atoms with Crippen molar-refractivity contribution in [3.05, 3.63) is 11.1 Å². The summed E-state index contributed by atoms with van der Waals surface area (Å²) >= 11 is 3.42. The summed E-state index contributed by atoms with van der Waals surface area (Å²) in [4.78, 5) is 4.38. The summed E-state index contributed by atoms with van der Waals surface area (Å²) in [5.74, 6) is 0. The smallest absolute Gasteiger partial charge is 0.150 e. The molecule has 1 aliphatic carbocycles. The molecule has 72 valence electrons. The molecule has 0 aliphatic heterocycles. The number of nitrogens with zero attached hydrogens (tertiary/aromatic N) is 1. The van der Waals surface area contributed by atoms with Crippen molar-refractivity contribution >= 4 is 23.1 Å². The van der Waals surface area contributed by atoms with E-state index in [0.29, 0.717) is 5.25 Å². The highest BCUT2D eigenvalue weighted by Gasteiger charge is 2.26. The number of aliphatic hydroxyl groups is 1. The molecule has 1 saturated carbocycles. The summed E-state index contributed by atoms with van der Waals surface area (Å²) < 4.78 is 1.10. The Bertz CT molecular complexity index is 287. The van der Waals surface area contributed by atoms with E-state index in [0.717, 1.165) is 29.3 Å². The van der Waals surface area contributed by atoms with Gasteiger partial charge in [0.1, 0.15) is 4.34 Å². The predicted molar refractivity (Wildman–Crippen MR) is 56.4 cm³/mol. The summed E-state index contributed by atoms with van der Waals surface area (Å²) in [6.07, 6.45) is 3.13. The van der Waals surface area contributed by atoms with E-state index in [1.165, 1.54) is 0 Å². The number of aromatic nitrogens is 1. The van der Waals surface area contributed by atoms with Crippen LogP contribution in [-0.2, 0) is 0 Å². The van der Waals surface area contributed by atoms with Crippen molar-refractivity contribution in [3.8, 4) is 0 Å². The van der Waals surface area contributed by atoms with Gasteiger partial charge in [-0.05, 0) is 26.2 Å². The first-order chi connectivity index (χ1) is 6.25. The number of aliphatic hydroxyl groups excluding tert-OH is 1. The number of thiazole rings is 1. The van der Waals surface area contributed by atoms with Crippen molar-refractivity contribution in [2.24, 2.45) is 0 Å². The van der Waals surface area contributed by atoms with Crippen LogP contribution < -0.4 is 0 Å². The second-order valence-corrected chi connectivity index (χ2v) is 5.75. The van der Waals surface area contributed by atoms with Gasteiger partial charge < -0.3 is 5.11 Å². The molecule has 0 amide bonds. The number of aryl methyl sites for hydroxylation is 1. The Morgan fingerprint density at radius 1 is 1.62 bits per heavy atom. The molecule has 13 heavy (non-hydrogen) atoms. The van der Waals surface area contributed by atoms with Crippen LogP contribution in [0.5, 0.6) is 0 Å². The molecule has 1 N–H and O–H groups in total. The van der Waals surface area contributed by atoms with E-state index in [4.69, 9.17) is 0 Å². The van der Waals surface area contributed by atoms with Crippen molar-refractivity contribution in [1.29, 1.82) is 0 Å². The SMILES string of the molecule is Cc1csc(S[C@@H]2CCC[C@H]2O)n1. The summed E-state index contributed by atoms with van der Waals surface area (Å²) in [7, 11) is 0. The van der Waals surface area contributed by atoms with Crippen molar-refractivity contribution in [2.45, 2.75) is 41.9 Å². The van der Waals surface area contributed by atoms with Gasteiger partial charge in [0.05, 0.1) is 6.10 Å². The minimum Gasteiger partial charge on any atom is -0.392 e. The molecule has 0 bridgehead atoms. The molecule has 1 heterocycles. The van der Waals surface area contributed by atoms with Crippen LogP contribution in [-0.4, -0.2) is 21.4 Å². The maximum Gasteiger partial charge on any atom is 0.150 e. The van der Waals surface area contributed by atoms with Gasteiger partial charge >= 0.3 is 0 Å². The molecule has 2 rings (SSSR count). The largest absolute Gasteiger partial charge is 0.392 e. The summed E-state index contributed by atoms with van der Waals surface area (Å²) in [6.45, 7) is 2.01. The number of hydrogen-bond donors (Lipinski definition) is 1. The molecule has 0 radical (unpaired) electrons. The minimum absolute atomic E-state index is 0.116. The van der Waals surface area contributed by atoms with E-state index in [1.807, 2.05) is 6.92 Å². The first kappa shape index (κ1) is 9.49. The van der Waals surface area contributed by atoms with Crippen molar-refractivity contribution in [2.75, 3.05) is 0 Å². The lowest BCUT2D eigenvalue weighted by Crippen LogP contribution is -2.14. The van der Waals surface area contributed by atoms with E-state index in [-0.39, 0.29) is 6.10 Å². The van der Waals surface area contributed by atoms with Gasteiger partial charge in [0, 0.05) is 16.3 Å². The fourth-order valence-corrected chi connectivity index (χ4v) is 3.85. The van der Waals surface area contributed by atoms with Gasteiger partial charge in [-0.2, -0.15) is 0 Å². The highest BCUT2D eigenvalue weighted by molar-refractivity contribution is 8.01. The molecule has 1 aliphatic rings. The molecule has 1 aromatic heterocycles. The normalized spacial score (nSPS) is 28.2. The standard InChI is InChI=1S/C9H13NOS2/c1-6-5-12-9(10-6)13-8-4-2-3-7(8)11/h5,7-8,11H,2-4H2,1H3/t7-,8-/m1/s1. The van der Waals surface area contributed by atoms with E-state index in [9.17, 15) is 5.11 Å². The Morgan fingerprint density at radius 2 is 2.46 bits per heavy atom. The Labute approximate surface area is 86.4 Å². The first-order valence-corrected chi connectivity index (χ1v) is 6.28. The fraction of sp³-hybridized carbons (Fsp3) is 0.667. The average Bonchev–Trinajstić information content (AvgIpc) is 2.64. The highest BCUT2D eigenvalue weighted by Crippen LogP contribution is 2.36. The van der Waals surface area contributed by atoms with Crippen LogP contribution in [0, 0.1) is 6.92 Å². The summed E-state index contributed by atoms with van der Waals surface area (Å²) in [5.41, 5.74) is 1.08. The lowest BCUT2D eigenvalue weighted by atomic mass is 10.3. The molecule has 0 spiro atoms. The quantitative estimate of drug-likeness (QED) is 0.822. The fourth-order valence-electron chi connectivity index (χ4n) is 1.56. The lowest BCUT2D eigenvalue weighted by Gasteiger charge is -2.10. The van der Waals surface area contributed by atoms with Gasteiger partial charge in [-0.25, -0.2) is 4.98 Å². The van der Waals surface area contributed by atoms with Gasteiger partial charge in [-0.1, -0.05) is 11.8 Å². The molecule has 1 fully saturated rings. The van der Waals surface area contributed by atoms with Crippen molar-refractivity contribution < 1.29 is 5.11 Å². The minimum atomic E-state index is -0.116. The van der Waals surface area contributed by atoms with Gasteiger partial charge in [0.25, 0.3) is 0 Å². The number of thioether (sulfide) groups is 1. The molecular weight excluding hydrogens is 202 g/mol. The third-order valence-electron chi connectivity index (χ3n) is 2.27. The first-order valence-electron chi connectivity index (χ1n) is 4.52. The maximum atomic E-state index is 9.61. The number of hydrogen-bond acceptors (Lipinski definition) is 4. The number of rotatable bonds is 2. The zero-order chi connectivity index (χ0) is 9.26. The van der Waals surface area contributed by atoms with E-state index < -0.39 is 0 Å². The van der Waals surface area contributed by atoms with E-state index >= 15 is 0 Å². The van der Waals surface area contributed by atoms with Crippen molar-refractivity contribution in [1.82, 2.24) is 4.98 Å². The van der Waals surface area contributed by atoms with E-state index in [2.05, 4.69) is 10.4 Å². The van der Waals surface area contributed by atoms with Gasteiger partial charge in [-0.15, -0.1) is 11.3 Å². The Hall–Kier alpha value is -0.0600. The van der Waals surface area contributed by atoms with E-state index in [1.54, 1.807) is 23.1 Å². The summed E-state index contributed by atoms with van der Waals surface area (Å²) in [6, 6.07) is 0. The second-order valence-electron chi connectivity index (χ2n) is 3.41. The zero-order valence-electron chi connectivity index (χ0n) is 7.56. The maximum absolute atomic E-state index is 9.61. The highest BCUT2D eigenvalue weighted by atomic mass is 32.2. The average molecular weight is 215 g/mol. The Kier molecular flexibility index (Phi) is 2.91. The van der Waals surface area contributed by atoms with Gasteiger partial charge in [-0.3, -0.25) is 0 Å².